The van der Waals surface area contributed by atoms with Gasteiger partial charge in [-0.3, -0.25) is 9.69 Å². The zero-order valence-electron chi connectivity index (χ0n) is 20.0. The summed E-state index contributed by atoms with van der Waals surface area (Å²) in [6.07, 6.45) is 1.82. The number of hydrogen-bond donors (Lipinski definition) is 0. The number of hydrogen-bond acceptors (Lipinski definition) is 5. The Morgan fingerprint density at radius 2 is 1.79 bits per heavy atom. The molecule has 4 aromatic rings. The smallest absolute Gasteiger partial charge is 0.270 e. The topological polar surface area (TPSA) is 38.8 Å². The van der Waals surface area contributed by atoms with Gasteiger partial charge in [0.05, 0.1) is 31.7 Å². The Bertz CT molecular complexity index is 1600. The molecule has 9 heteroatoms. The SMILES string of the molecule is CCOc1cc(/C=C2\SC(=S)N(c3cccc4ccccc34)C2=O)cc(Br)c1OCc1ccc(Cl)c(Cl)c1. The van der Waals surface area contributed by atoms with Gasteiger partial charge in [-0.1, -0.05) is 89.6 Å². The molecule has 0 radical (unpaired) electrons. The molecule has 1 saturated heterocycles. The molecule has 4 nitrogen and oxygen atoms in total. The summed E-state index contributed by atoms with van der Waals surface area (Å²) in [5, 5.41) is 2.97. The van der Waals surface area contributed by atoms with E-state index in [4.69, 9.17) is 44.9 Å². The van der Waals surface area contributed by atoms with Crippen LogP contribution in [0.5, 0.6) is 11.5 Å². The van der Waals surface area contributed by atoms with Gasteiger partial charge in [0, 0.05) is 5.39 Å². The number of thiocarbonyl (C=S) groups is 1. The van der Waals surface area contributed by atoms with Crippen LogP contribution in [-0.4, -0.2) is 16.8 Å². The predicted molar refractivity (Wildman–Crippen MR) is 166 cm³/mol. The van der Waals surface area contributed by atoms with E-state index in [2.05, 4.69) is 15.9 Å². The van der Waals surface area contributed by atoms with Crippen LogP contribution in [0.3, 0.4) is 0 Å². The highest BCUT2D eigenvalue weighted by Crippen LogP contribution is 2.42. The highest BCUT2D eigenvalue weighted by atomic mass is 79.9. The number of rotatable bonds is 7. The van der Waals surface area contributed by atoms with E-state index in [0.717, 1.165) is 27.6 Å². The minimum atomic E-state index is -0.162. The van der Waals surface area contributed by atoms with Gasteiger partial charge in [0.15, 0.2) is 15.8 Å². The third kappa shape index (κ3) is 5.58. The molecule has 0 atom stereocenters. The van der Waals surface area contributed by atoms with Gasteiger partial charge in [-0.25, -0.2) is 0 Å². The fourth-order valence-corrected chi connectivity index (χ4v) is 6.27. The zero-order valence-corrected chi connectivity index (χ0v) is 24.8. The first kappa shape index (κ1) is 27.0. The summed E-state index contributed by atoms with van der Waals surface area (Å²) in [6.45, 7) is 2.62. The number of halogens is 3. The van der Waals surface area contributed by atoms with E-state index in [1.54, 1.807) is 17.0 Å². The monoisotopic (exact) mass is 643 g/mol. The molecule has 5 rings (SSSR count). The molecule has 192 valence electrons. The van der Waals surface area contributed by atoms with Crippen molar-refractivity contribution in [2.45, 2.75) is 13.5 Å². The summed E-state index contributed by atoms with van der Waals surface area (Å²) in [5.74, 6) is 0.946. The van der Waals surface area contributed by atoms with E-state index in [1.807, 2.05) is 73.7 Å². The number of nitrogens with zero attached hydrogens (tertiary/aromatic N) is 1. The van der Waals surface area contributed by atoms with Crippen LogP contribution in [0.2, 0.25) is 10.0 Å². The minimum absolute atomic E-state index is 0.162. The van der Waals surface area contributed by atoms with Crippen LogP contribution in [0, 0.1) is 0 Å². The molecule has 1 fully saturated rings. The standard InChI is InChI=1S/C29H20BrCl2NO3S2/c1-2-35-25-14-18(12-21(30)27(25)36-16-17-10-11-22(31)23(32)13-17)15-26-28(34)33(29(37)38-26)24-9-5-7-19-6-3-4-8-20(19)24/h3-15H,2,16H2,1H3/b26-15-. The number of amides is 1. The lowest BCUT2D eigenvalue weighted by Crippen LogP contribution is -2.27. The summed E-state index contributed by atoms with van der Waals surface area (Å²) in [5.41, 5.74) is 2.42. The second-order valence-corrected chi connectivity index (χ2v) is 11.7. The molecule has 1 amide bonds. The Labute approximate surface area is 248 Å². The Balaban J connectivity index is 1.43. The van der Waals surface area contributed by atoms with Crippen LogP contribution in [-0.2, 0) is 11.4 Å². The number of ether oxygens (including phenoxy) is 2. The maximum absolute atomic E-state index is 13.5. The molecule has 0 spiro atoms. The second-order valence-electron chi connectivity index (χ2n) is 8.32. The third-order valence-corrected chi connectivity index (χ3v) is 8.43. The summed E-state index contributed by atoms with van der Waals surface area (Å²) in [7, 11) is 0. The van der Waals surface area contributed by atoms with Crippen LogP contribution in [0.15, 0.2) is 82.2 Å². The van der Waals surface area contributed by atoms with E-state index in [0.29, 0.717) is 41.8 Å². The highest BCUT2D eigenvalue weighted by molar-refractivity contribution is 9.10. The van der Waals surface area contributed by atoms with E-state index < -0.39 is 0 Å². The molecule has 0 saturated carbocycles. The molecule has 0 bridgehead atoms. The van der Waals surface area contributed by atoms with E-state index >= 15 is 0 Å². The van der Waals surface area contributed by atoms with E-state index in [-0.39, 0.29) is 12.5 Å². The fraction of sp³-hybridized carbons (Fsp3) is 0.103. The van der Waals surface area contributed by atoms with Crippen molar-refractivity contribution in [3.05, 3.63) is 103 Å². The molecule has 1 aliphatic heterocycles. The van der Waals surface area contributed by atoms with Crippen LogP contribution in [0.1, 0.15) is 18.1 Å². The summed E-state index contributed by atoms with van der Waals surface area (Å²) in [4.78, 5) is 15.6. The van der Waals surface area contributed by atoms with Gasteiger partial charge in [-0.15, -0.1) is 0 Å². The van der Waals surface area contributed by atoms with E-state index in [9.17, 15) is 4.79 Å². The zero-order chi connectivity index (χ0) is 26.8. The molecule has 1 aliphatic rings. The lowest BCUT2D eigenvalue weighted by atomic mass is 10.1. The number of carbonyl (C=O) groups is 1. The lowest BCUT2D eigenvalue weighted by Gasteiger charge is -2.17. The average Bonchev–Trinajstić information content (AvgIpc) is 3.17. The van der Waals surface area contributed by atoms with Gasteiger partial charge in [0.2, 0.25) is 0 Å². The summed E-state index contributed by atoms with van der Waals surface area (Å²) < 4.78 is 13.1. The van der Waals surface area contributed by atoms with Gasteiger partial charge in [-0.2, -0.15) is 0 Å². The van der Waals surface area contributed by atoms with Gasteiger partial charge in [-0.05, 0) is 75.8 Å². The molecule has 0 N–H and O–H groups in total. The number of fused-ring (bicyclic) bond motifs is 1. The van der Waals surface area contributed by atoms with Crippen molar-refractivity contribution in [2.75, 3.05) is 11.5 Å². The number of anilines is 1. The largest absolute Gasteiger partial charge is 0.490 e. The van der Waals surface area contributed by atoms with Crippen molar-refractivity contribution < 1.29 is 14.3 Å². The van der Waals surface area contributed by atoms with Crippen molar-refractivity contribution in [1.29, 1.82) is 0 Å². The molecule has 0 unspecified atom stereocenters. The van der Waals surface area contributed by atoms with Crippen LogP contribution >= 0.6 is 63.1 Å². The molecule has 38 heavy (non-hydrogen) atoms. The van der Waals surface area contributed by atoms with Crippen molar-refractivity contribution in [2.24, 2.45) is 0 Å². The number of benzene rings is 4. The first-order valence-corrected chi connectivity index (χ1v) is 14.4. The molecule has 4 aromatic carbocycles. The fourth-order valence-electron chi connectivity index (χ4n) is 4.09. The average molecular weight is 645 g/mol. The Kier molecular flexibility index (Phi) is 8.31. The van der Waals surface area contributed by atoms with Gasteiger partial charge in [0.1, 0.15) is 6.61 Å². The first-order chi connectivity index (χ1) is 18.4. The summed E-state index contributed by atoms with van der Waals surface area (Å²) in [6, 6.07) is 22.9. The Morgan fingerprint density at radius 3 is 2.58 bits per heavy atom. The molecule has 0 aliphatic carbocycles. The maximum Gasteiger partial charge on any atom is 0.270 e. The van der Waals surface area contributed by atoms with Crippen molar-refractivity contribution in [1.82, 2.24) is 0 Å². The maximum atomic E-state index is 13.5. The molecular weight excluding hydrogens is 625 g/mol. The van der Waals surface area contributed by atoms with Gasteiger partial charge < -0.3 is 9.47 Å². The van der Waals surface area contributed by atoms with Gasteiger partial charge >= 0.3 is 0 Å². The Hall–Kier alpha value is -2.55. The molecular formula is C29H20BrCl2NO3S2. The lowest BCUT2D eigenvalue weighted by molar-refractivity contribution is -0.113. The normalized spacial score (nSPS) is 14.5. The summed E-state index contributed by atoms with van der Waals surface area (Å²) >= 11 is 22.7. The van der Waals surface area contributed by atoms with Gasteiger partial charge in [0.25, 0.3) is 5.91 Å². The predicted octanol–water partition coefficient (Wildman–Crippen LogP) is 9.29. The van der Waals surface area contributed by atoms with Crippen molar-refractivity contribution >= 4 is 95.9 Å². The first-order valence-electron chi connectivity index (χ1n) is 11.6. The highest BCUT2D eigenvalue weighted by Gasteiger charge is 2.34. The van der Waals surface area contributed by atoms with Crippen LogP contribution < -0.4 is 14.4 Å². The van der Waals surface area contributed by atoms with E-state index in [1.165, 1.54) is 11.8 Å². The number of thioether (sulfide) groups is 1. The third-order valence-electron chi connectivity index (χ3n) is 5.80. The quantitative estimate of drug-likeness (QED) is 0.148. The minimum Gasteiger partial charge on any atom is -0.490 e. The molecule has 0 aromatic heterocycles. The van der Waals surface area contributed by atoms with Crippen LogP contribution in [0.25, 0.3) is 16.8 Å². The second kappa shape index (κ2) is 11.7. The van der Waals surface area contributed by atoms with Crippen molar-refractivity contribution in [3.8, 4) is 11.5 Å². The number of carbonyl (C=O) groups excluding carboxylic acids is 1. The van der Waals surface area contributed by atoms with Crippen molar-refractivity contribution in [3.63, 3.8) is 0 Å². The van der Waals surface area contributed by atoms with Crippen LogP contribution in [0.4, 0.5) is 5.69 Å². The molecule has 1 heterocycles. The Morgan fingerprint density at radius 1 is 1.00 bits per heavy atom.